The summed E-state index contributed by atoms with van der Waals surface area (Å²) < 4.78 is 39.2. The van der Waals surface area contributed by atoms with E-state index in [1.807, 2.05) is 0 Å². The normalized spacial score (nSPS) is 13.5. The molecule has 102 valence electrons. The third-order valence-electron chi connectivity index (χ3n) is 2.76. The van der Waals surface area contributed by atoms with Gasteiger partial charge in [-0.05, 0) is 17.7 Å². The van der Waals surface area contributed by atoms with Crippen LogP contribution >= 0.6 is 0 Å². The number of imidazole rings is 1. The number of hydrazine groups is 1. The molecule has 1 atom stereocenters. The number of alkyl halides is 3. The molecule has 0 aliphatic heterocycles. The number of hydrogen-bond donors (Lipinski definition) is 2. The van der Waals surface area contributed by atoms with Gasteiger partial charge in [-0.1, -0.05) is 12.1 Å². The third kappa shape index (κ3) is 2.94. The van der Waals surface area contributed by atoms with Crippen molar-refractivity contribution in [2.75, 3.05) is 0 Å². The molecule has 0 fully saturated rings. The standard InChI is InChI=1S/C12H13F3N4/c1-19-6-10(17-7-19)11(18-16)8-2-4-9(5-3-8)12(13,14)15/h2-7,11,18H,16H2,1H3. The molecular weight excluding hydrogens is 257 g/mol. The lowest BCUT2D eigenvalue weighted by Gasteiger charge is -2.15. The average Bonchev–Trinajstić information content (AvgIpc) is 2.76. The fourth-order valence-corrected chi connectivity index (χ4v) is 1.80. The average molecular weight is 270 g/mol. The van der Waals surface area contributed by atoms with Gasteiger partial charge >= 0.3 is 6.18 Å². The van der Waals surface area contributed by atoms with Crippen molar-refractivity contribution in [3.63, 3.8) is 0 Å². The third-order valence-corrected chi connectivity index (χ3v) is 2.76. The van der Waals surface area contributed by atoms with Gasteiger partial charge in [0.15, 0.2) is 0 Å². The van der Waals surface area contributed by atoms with E-state index in [2.05, 4.69) is 10.4 Å². The number of aryl methyl sites for hydroxylation is 1. The van der Waals surface area contributed by atoms with E-state index in [1.165, 1.54) is 12.1 Å². The predicted octanol–water partition coefficient (Wildman–Crippen LogP) is 1.99. The Morgan fingerprint density at radius 1 is 1.26 bits per heavy atom. The van der Waals surface area contributed by atoms with Crippen molar-refractivity contribution in [3.8, 4) is 0 Å². The van der Waals surface area contributed by atoms with Crippen molar-refractivity contribution in [1.82, 2.24) is 15.0 Å². The fraction of sp³-hybridized carbons (Fsp3) is 0.250. The number of aromatic nitrogens is 2. The van der Waals surface area contributed by atoms with Crippen LogP contribution in [0.15, 0.2) is 36.8 Å². The van der Waals surface area contributed by atoms with Crippen molar-refractivity contribution >= 4 is 0 Å². The molecule has 0 amide bonds. The number of nitrogens with one attached hydrogen (secondary N) is 1. The van der Waals surface area contributed by atoms with Crippen LogP contribution in [-0.2, 0) is 13.2 Å². The van der Waals surface area contributed by atoms with Crippen LogP contribution in [0.25, 0.3) is 0 Å². The smallest absolute Gasteiger partial charge is 0.340 e. The highest BCUT2D eigenvalue weighted by atomic mass is 19.4. The topological polar surface area (TPSA) is 55.9 Å². The van der Waals surface area contributed by atoms with Crippen LogP contribution in [0.1, 0.15) is 22.9 Å². The summed E-state index contributed by atoms with van der Waals surface area (Å²) in [6.07, 6.45) is -0.985. The van der Waals surface area contributed by atoms with Gasteiger partial charge in [-0.2, -0.15) is 13.2 Å². The second-order valence-electron chi connectivity index (χ2n) is 4.18. The Hall–Kier alpha value is -1.86. The molecule has 2 aromatic rings. The molecule has 0 radical (unpaired) electrons. The van der Waals surface area contributed by atoms with Gasteiger partial charge in [0.05, 0.1) is 23.6 Å². The SMILES string of the molecule is Cn1cnc(C(NN)c2ccc(C(F)(F)F)cc2)c1. The van der Waals surface area contributed by atoms with Crippen LogP contribution in [-0.4, -0.2) is 9.55 Å². The molecule has 0 aliphatic carbocycles. The molecule has 0 bridgehead atoms. The van der Waals surface area contributed by atoms with E-state index >= 15 is 0 Å². The minimum absolute atomic E-state index is 0.441. The predicted molar refractivity (Wildman–Crippen MR) is 63.8 cm³/mol. The van der Waals surface area contributed by atoms with Crippen molar-refractivity contribution in [2.24, 2.45) is 12.9 Å². The number of rotatable bonds is 3. The maximum absolute atomic E-state index is 12.5. The van der Waals surface area contributed by atoms with Gasteiger partial charge in [0, 0.05) is 13.2 Å². The van der Waals surface area contributed by atoms with Gasteiger partial charge < -0.3 is 4.57 Å². The first-order valence-corrected chi connectivity index (χ1v) is 5.53. The van der Waals surface area contributed by atoms with E-state index in [0.29, 0.717) is 11.3 Å². The molecule has 19 heavy (non-hydrogen) atoms. The number of nitrogens with two attached hydrogens (primary N) is 1. The molecule has 4 nitrogen and oxygen atoms in total. The van der Waals surface area contributed by atoms with E-state index in [1.54, 1.807) is 24.1 Å². The zero-order valence-electron chi connectivity index (χ0n) is 10.1. The Kier molecular flexibility index (Phi) is 3.59. The molecular formula is C12H13F3N4. The van der Waals surface area contributed by atoms with E-state index < -0.39 is 17.8 Å². The Labute approximate surface area is 108 Å². The molecule has 1 heterocycles. The minimum Gasteiger partial charge on any atom is -0.340 e. The quantitative estimate of drug-likeness (QED) is 0.662. The molecule has 0 saturated carbocycles. The highest BCUT2D eigenvalue weighted by molar-refractivity contribution is 5.31. The second-order valence-corrected chi connectivity index (χ2v) is 4.18. The number of benzene rings is 1. The summed E-state index contributed by atoms with van der Waals surface area (Å²) in [5.41, 5.74) is 3.13. The summed E-state index contributed by atoms with van der Waals surface area (Å²) in [7, 11) is 1.80. The van der Waals surface area contributed by atoms with Crippen molar-refractivity contribution in [1.29, 1.82) is 0 Å². The highest BCUT2D eigenvalue weighted by Crippen LogP contribution is 2.30. The van der Waals surface area contributed by atoms with Crippen molar-refractivity contribution in [3.05, 3.63) is 53.6 Å². The van der Waals surface area contributed by atoms with Crippen LogP contribution in [0.4, 0.5) is 13.2 Å². The van der Waals surface area contributed by atoms with E-state index in [9.17, 15) is 13.2 Å². The van der Waals surface area contributed by atoms with Crippen LogP contribution in [0.3, 0.4) is 0 Å². The van der Waals surface area contributed by atoms with Crippen LogP contribution in [0.5, 0.6) is 0 Å². The summed E-state index contributed by atoms with van der Waals surface area (Å²) in [5, 5.41) is 0. The van der Waals surface area contributed by atoms with Gasteiger partial charge in [0.1, 0.15) is 0 Å². The summed E-state index contributed by atoms with van der Waals surface area (Å²) in [6.45, 7) is 0. The largest absolute Gasteiger partial charge is 0.416 e. The second kappa shape index (κ2) is 5.02. The van der Waals surface area contributed by atoms with Gasteiger partial charge in [-0.25, -0.2) is 10.4 Å². The highest BCUT2D eigenvalue weighted by Gasteiger charge is 2.30. The summed E-state index contributed by atoms with van der Waals surface area (Å²) >= 11 is 0. The van der Waals surface area contributed by atoms with Crippen LogP contribution in [0, 0.1) is 0 Å². The Balaban J connectivity index is 2.30. The molecule has 2 rings (SSSR count). The van der Waals surface area contributed by atoms with Gasteiger partial charge in [-0.3, -0.25) is 5.84 Å². The summed E-state index contributed by atoms with van der Waals surface area (Å²) in [5.74, 6) is 5.45. The lowest BCUT2D eigenvalue weighted by Crippen LogP contribution is -2.29. The zero-order valence-corrected chi connectivity index (χ0v) is 10.1. The monoisotopic (exact) mass is 270 g/mol. The van der Waals surface area contributed by atoms with Gasteiger partial charge in [0.2, 0.25) is 0 Å². The van der Waals surface area contributed by atoms with E-state index in [0.717, 1.165) is 12.1 Å². The molecule has 0 saturated heterocycles. The molecule has 1 aromatic heterocycles. The number of nitrogens with zero attached hydrogens (tertiary/aromatic N) is 2. The lowest BCUT2D eigenvalue weighted by atomic mass is 10.0. The minimum atomic E-state index is -4.34. The van der Waals surface area contributed by atoms with Gasteiger partial charge in [-0.15, -0.1) is 0 Å². The Morgan fingerprint density at radius 3 is 2.32 bits per heavy atom. The molecule has 3 N–H and O–H groups in total. The molecule has 0 spiro atoms. The van der Waals surface area contributed by atoms with Gasteiger partial charge in [0.25, 0.3) is 0 Å². The number of halogens is 3. The summed E-state index contributed by atoms with van der Waals surface area (Å²) in [6, 6.07) is 4.40. The lowest BCUT2D eigenvalue weighted by molar-refractivity contribution is -0.137. The molecule has 1 unspecified atom stereocenters. The molecule has 0 aliphatic rings. The van der Waals surface area contributed by atoms with Crippen LogP contribution in [0.2, 0.25) is 0 Å². The van der Waals surface area contributed by atoms with E-state index in [4.69, 9.17) is 5.84 Å². The van der Waals surface area contributed by atoms with Crippen molar-refractivity contribution < 1.29 is 13.2 Å². The number of hydrogen-bond acceptors (Lipinski definition) is 3. The zero-order chi connectivity index (χ0) is 14.0. The Morgan fingerprint density at radius 2 is 1.89 bits per heavy atom. The van der Waals surface area contributed by atoms with E-state index in [-0.39, 0.29) is 0 Å². The molecule has 1 aromatic carbocycles. The maximum atomic E-state index is 12.5. The van der Waals surface area contributed by atoms with Crippen LogP contribution < -0.4 is 11.3 Å². The first-order valence-electron chi connectivity index (χ1n) is 5.53. The van der Waals surface area contributed by atoms with Crippen molar-refractivity contribution in [2.45, 2.75) is 12.2 Å². The first-order chi connectivity index (χ1) is 8.91. The Bertz CT molecular complexity index is 545. The first kappa shape index (κ1) is 13.6. The fourth-order valence-electron chi connectivity index (χ4n) is 1.80. The molecule has 7 heteroatoms. The summed E-state index contributed by atoms with van der Waals surface area (Å²) in [4.78, 5) is 4.13. The maximum Gasteiger partial charge on any atom is 0.416 e.